The molecule has 7 nitrogen and oxygen atoms in total. The van der Waals surface area contributed by atoms with Gasteiger partial charge in [-0.3, -0.25) is 4.79 Å². The van der Waals surface area contributed by atoms with Crippen molar-refractivity contribution in [3.8, 4) is 0 Å². The van der Waals surface area contributed by atoms with Crippen LogP contribution in [-0.2, 0) is 11.8 Å². The second-order valence-electron chi connectivity index (χ2n) is 5.79. The molecule has 0 radical (unpaired) electrons. The number of anilines is 1. The van der Waals surface area contributed by atoms with Crippen LogP contribution in [0.3, 0.4) is 0 Å². The highest BCUT2D eigenvalue weighted by Crippen LogP contribution is 2.23. The van der Waals surface area contributed by atoms with E-state index in [-0.39, 0.29) is 12.0 Å². The van der Waals surface area contributed by atoms with Gasteiger partial charge in [-0.1, -0.05) is 6.07 Å². The zero-order valence-corrected chi connectivity index (χ0v) is 13.6. The van der Waals surface area contributed by atoms with Gasteiger partial charge in [0.05, 0.1) is 18.8 Å². The van der Waals surface area contributed by atoms with Crippen molar-refractivity contribution >= 4 is 11.7 Å². The second kappa shape index (κ2) is 6.37. The first-order valence-corrected chi connectivity index (χ1v) is 7.58. The number of pyridine rings is 1. The molecule has 0 N–H and O–H groups in total. The Kier molecular flexibility index (Phi) is 4.29. The molecular formula is C16H21N5O2. The second-order valence-corrected chi connectivity index (χ2v) is 5.79. The van der Waals surface area contributed by atoms with E-state index in [1.807, 2.05) is 44.2 Å². The van der Waals surface area contributed by atoms with Crippen molar-refractivity contribution in [2.45, 2.75) is 6.10 Å². The molecule has 2 aromatic rings. The fourth-order valence-electron chi connectivity index (χ4n) is 2.59. The van der Waals surface area contributed by atoms with E-state index in [1.54, 1.807) is 21.9 Å². The summed E-state index contributed by atoms with van der Waals surface area (Å²) in [6.07, 6.45) is 3.19. The number of aromatic nitrogens is 3. The number of morpholine rings is 1. The molecule has 0 aromatic carbocycles. The van der Waals surface area contributed by atoms with E-state index in [1.165, 1.54) is 0 Å². The molecule has 0 spiro atoms. The molecule has 1 atom stereocenters. The minimum absolute atomic E-state index is 0.0745. The third-order valence-corrected chi connectivity index (χ3v) is 3.91. The van der Waals surface area contributed by atoms with E-state index >= 15 is 0 Å². The Bertz CT molecular complexity index is 697. The van der Waals surface area contributed by atoms with Crippen LogP contribution in [0.15, 0.2) is 30.6 Å². The minimum atomic E-state index is -0.215. The summed E-state index contributed by atoms with van der Waals surface area (Å²) in [6.45, 7) is 1.54. The zero-order valence-electron chi connectivity index (χ0n) is 13.6. The zero-order chi connectivity index (χ0) is 16.4. The molecule has 23 heavy (non-hydrogen) atoms. The number of ether oxygens (including phenoxy) is 1. The molecule has 1 amide bonds. The van der Waals surface area contributed by atoms with Gasteiger partial charge in [0.2, 0.25) is 0 Å². The van der Waals surface area contributed by atoms with E-state index in [4.69, 9.17) is 4.74 Å². The maximum absolute atomic E-state index is 12.6. The highest BCUT2D eigenvalue weighted by Gasteiger charge is 2.28. The first kappa shape index (κ1) is 15.5. The van der Waals surface area contributed by atoms with Crippen molar-refractivity contribution in [2.24, 2.45) is 7.05 Å². The summed E-state index contributed by atoms with van der Waals surface area (Å²) in [6, 6.07) is 5.84. The summed E-state index contributed by atoms with van der Waals surface area (Å²) in [5, 5.41) is 0. The maximum Gasteiger partial charge on any atom is 0.290 e. The molecule has 1 saturated heterocycles. The highest BCUT2D eigenvalue weighted by atomic mass is 16.5. The topological polar surface area (TPSA) is 63.5 Å². The molecule has 7 heteroatoms. The number of carbonyl (C=O) groups is 1. The highest BCUT2D eigenvalue weighted by molar-refractivity contribution is 5.90. The van der Waals surface area contributed by atoms with E-state index < -0.39 is 0 Å². The van der Waals surface area contributed by atoms with Crippen LogP contribution >= 0.6 is 0 Å². The van der Waals surface area contributed by atoms with E-state index in [0.29, 0.717) is 25.5 Å². The van der Waals surface area contributed by atoms with Gasteiger partial charge in [0, 0.05) is 40.1 Å². The van der Waals surface area contributed by atoms with Gasteiger partial charge < -0.3 is 19.1 Å². The third-order valence-electron chi connectivity index (χ3n) is 3.91. The van der Waals surface area contributed by atoms with E-state index in [0.717, 1.165) is 11.5 Å². The molecule has 3 heterocycles. The van der Waals surface area contributed by atoms with Gasteiger partial charge in [-0.15, -0.1) is 0 Å². The monoisotopic (exact) mass is 315 g/mol. The Balaban J connectivity index is 1.77. The van der Waals surface area contributed by atoms with Crippen LogP contribution in [0.5, 0.6) is 0 Å². The summed E-state index contributed by atoms with van der Waals surface area (Å²) in [4.78, 5) is 25.1. The van der Waals surface area contributed by atoms with Gasteiger partial charge in [0.1, 0.15) is 11.9 Å². The Morgan fingerprint density at radius 3 is 2.91 bits per heavy atom. The smallest absolute Gasteiger partial charge is 0.290 e. The molecule has 1 aliphatic rings. The quantitative estimate of drug-likeness (QED) is 0.848. The van der Waals surface area contributed by atoms with Crippen molar-refractivity contribution in [3.63, 3.8) is 0 Å². The van der Waals surface area contributed by atoms with Gasteiger partial charge >= 0.3 is 0 Å². The van der Waals surface area contributed by atoms with Crippen LogP contribution in [0.1, 0.15) is 22.4 Å². The number of carbonyl (C=O) groups excluding carboxylic acids is 1. The normalized spacial score (nSPS) is 18.0. The lowest BCUT2D eigenvalue weighted by Gasteiger charge is -2.32. The Labute approximate surface area is 135 Å². The van der Waals surface area contributed by atoms with E-state index in [2.05, 4.69) is 9.97 Å². The molecular weight excluding hydrogens is 294 g/mol. The Morgan fingerprint density at radius 1 is 1.39 bits per heavy atom. The van der Waals surface area contributed by atoms with Gasteiger partial charge in [0.25, 0.3) is 5.91 Å². The number of hydrogen-bond donors (Lipinski definition) is 0. The lowest BCUT2D eigenvalue weighted by Crippen LogP contribution is -2.43. The number of hydrogen-bond acceptors (Lipinski definition) is 5. The van der Waals surface area contributed by atoms with Crippen LogP contribution in [0.4, 0.5) is 5.82 Å². The summed E-state index contributed by atoms with van der Waals surface area (Å²) in [7, 11) is 5.72. The molecule has 0 aliphatic carbocycles. The van der Waals surface area contributed by atoms with Crippen molar-refractivity contribution < 1.29 is 9.53 Å². The average Bonchev–Trinajstić information content (AvgIpc) is 3.00. The number of amides is 1. The molecule has 1 fully saturated rings. The van der Waals surface area contributed by atoms with E-state index in [9.17, 15) is 4.79 Å². The molecule has 3 rings (SSSR count). The van der Waals surface area contributed by atoms with Crippen LogP contribution in [-0.4, -0.2) is 59.1 Å². The van der Waals surface area contributed by atoms with Gasteiger partial charge in [-0.05, 0) is 12.1 Å². The number of imidazole rings is 1. The first-order valence-electron chi connectivity index (χ1n) is 7.58. The fraction of sp³-hybridized carbons (Fsp3) is 0.438. The minimum Gasteiger partial charge on any atom is -0.368 e. The van der Waals surface area contributed by atoms with Crippen molar-refractivity contribution in [1.29, 1.82) is 0 Å². The standard InChI is InChI=1S/C16H21N5O2/c1-19(2)14-6-4-5-12(18-14)13-11-21(9-10-23-13)16(22)15-17-7-8-20(15)3/h4-8,13H,9-11H2,1-3H3/t13-/m1/s1. The van der Waals surface area contributed by atoms with Crippen LogP contribution < -0.4 is 4.90 Å². The number of rotatable bonds is 3. The predicted octanol–water partition coefficient (Wildman–Crippen LogP) is 1.09. The SMILES string of the molecule is CN(C)c1cccc([C@H]2CN(C(=O)c3nccn3C)CCO2)n1. The maximum atomic E-state index is 12.6. The lowest BCUT2D eigenvalue weighted by molar-refractivity contribution is -0.0251. The van der Waals surface area contributed by atoms with Crippen LogP contribution in [0.2, 0.25) is 0 Å². The Hall–Kier alpha value is -2.41. The summed E-state index contributed by atoms with van der Waals surface area (Å²) < 4.78 is 7.56. The number of nitrogens with zero attached hydrogens (tertiary/aromatic N) is 5. The predicted molar refractivity (Wildman–Crippen MR) is 86.4 cm³/mol. The molecule has 122 valence electrons. The van der Waals surface area contributed by atoms with Gasteiger partial charge in [0.15, 0.2) is 5.82 Å². The van der Waals surface area contributed by atoms with Crippen LogP contribution in [0, 0.1) is 0 Å². The lowest BCUT2D eigenvalue weighted by atomic mass is 10.2. The summed E-state index contributed by atoms with van der Waals surface area (Å²) in [5.41, 5.74) is 0.841. The summed E-state index contributed by atoms with van der Waals surface area (Å²) in [5.74, 6) is 1.24. The molecule has 1 aliphatic heterocycles. The third kappa shape index (κ3) is 3.19. The molecule has 0 saturated carbocycles. The largest absolute Gasteiger partial charge is 0.368 e. The fourth-order valence-corrected chi connectivity index (χ4v) is 2.59. The molecule has 0 unspecified atom stereocenters. The van der Waals surface area contributed by atoms with Crippen molar-refractivity contribution in [3.05, 3.63) is 42.1 Å². The first-order chi connectivity index (χ1) is 11.1. The Morgan fingerprint density at radius 2 is 2.22 bits per heavy atom. The van der Waals surface area contributed by atoms with Crippen molar-refractivity contribution in [1.82, 2.24) is 19.4 Å². The van der Waals surface area contributed by atoms with Gasteiger partial charge in [-0.25, -0.2) is 9.97 Å². The summed E-state index contributed by atoms with van der Waals surface area (Å²) >= 11 is 0. The molecule has 2 aromatic heterocycles. The number of aryl methyl sites for hydroxylation is 1. The van der Waals surface area contributed by atoms with Crippen LogP contribution in [0.25, 0.3) is 0 Å². The van der Waals surface area contributed by atoms with Gasteiger partial charge in [-0.2, -0.15) is 0 Å². The molecule has 0 bridgehead atoms. The average molecular weight is 315 g/mol. The van der Waals surface area contributed by atoms with Crippen molar-refractivity contribution in [2.75, 3.05) is 38.7 Å².